The zero-order valence-electron chi connectivity index (χ0n) is 27.9. The van der Waals surface area contributed by atoms with Crippen molar-refractivity contribution in [2.75, 3.05) is 65.0 Å². The lowest BCUT2D eigenvalue weighted by Gasteiger charge is -2.42. The largest absolute Gasteiger partial charge is 0.385 e. The predicted octanol–water partition coefficient (Wildman–Crippen LogP) is 4.56. The van der Waals surface area contributed by atoms with Gasteiger partial charge in [-0.25, -0.2) is 9.97 Å². The maximum atomic E-state index is 14.3. The van der Waals surface area contributed by atoms with Crippen molar-refractivity contribution in [3.8, 4) is 0 Å². The molecule has 1 unspecified atom stereocenters. The van der Waals surface area contributed by atoms with Crippen molar-refractivity contribution in [2.45, 2.75) is 65.0 Å². The SMILES string of the molecule is COCCCNc1nc(C(C)(C)C)ncc1C(=O)N(CC(C)C)[C@@H]1CNC[C@H](C(=O)N2CCOCC2c2cccnc2)C1.Cl.Cl.Cl. The molecule has 0 saturated carbocycles. The number of carbonyl (C=O) groups is 2. The number of amides is 2. The van der Waals surface area contributed by atoms with Crippen molar-refractivity contribution in [1.82, 2.24) is 30.1 Å². The number of methoxy groups -OCH3 is 1. The smallest absolute Gasteiger partial charge is 0.259 e. The van der Waals surface area contributed by atoms with Gasteiger partial charge < -0.3 is 29.9 Å². The van der Waals surface area contributed by atoms with E-state index in [-0.39, 0.29) is 78.4 Å². The highest BCUT2D eigenvalue weighted by molar-refractivity contribution is 5.98. The Balaban J connectivity index is 0.00000353. The quantitative estimate of drug-likeness (QED) is 0.325. The van der Waals surface area contributed by atoms with Gasteiger partial charge in [-0.1, -0.05) is 40.7 Å². The lowest BCUT2D eigenvalue weighted by molar-refractivity contribution is -0.145. The maximum absolute atomic E-state index is 14.3. The molecule has 2 fully saturated rings. The van der Waals surface area contributed by atoms with E-state index in [1.807, 2.05) is 21.9 Å². The molecule has 2 aromatic rings. The highest BCUT2D eigenvalue weighted by atomic mass is 35.5. The van der Waals surface area contributed by atoms with Gasteiger partial charge in [0.15, 0.2) is 0 Å². The van der Waals surface area contributed by atoms with E-state index in [0.717, 1.165) is 12.0 Å². The van der Waals surface area contributed by atoms with Gasteiger partial charge in [0.1, 0.15) is 17.2 Å². The van der Waals surface area contributed by atoms with Gasteiger partial charge in [-0.3, -0.25) is 14.6 Å². The highest BCUT2D eigenvalue weighted by Crippen LogP contribution is 2.29. The number of ether oxygens (including phenoxy) is 2. The standard InChI is InChI=1S/C32H49N7O4.3ClH/c1-22(2)20-39(30(41)26-19-36-31(32(3,4)5)37-28(26)35-11-8-13-42-6)25-15-24(17-34-18-25)29(40)38-12-14-43-21-27(38)23-9-7-10-33-16-23;;;/h7,9-10,16,19,22,24-25,27,34H,8,11-15,17-18,20-21H2,1-6H3,(H,35,36,37);3*1H/t24-,25+,27?;;;/m1.../s1. The first-order chi connectivity index (χ1) is 20.6. The number of hydrogen-bond acceptors (Lipinski definition) is 9. The molecule has 2 aliphatic rings. The van der Waals surface area contributed by atoms with Gasteiger partial charge in [0.2, 0.25) is 5.91 Å². The summed E-state index contributed by atoms with van der Waals surface area (Å²) in [6.07, 6.45) is 6.56. The van der Waals surface area contributed by atoms with Gasteiger partial charge >= 0.3 is 0 Å². The average molecular weight is 705 g/mol. The first kappa shape index (κ1) is 41.7. The van der Waals surface area contributed by atoms with Crippen LogP contribution in [0.1, 0.15) is 75.2 Å². The van der Waals surface area contributed by atoms with Crippen LogP contribution in [0.25, 0.3) is 0 Å². The van der Waals surface area contributed by atoms with Crippen LogP contribution in [0.4, 0.5) is 5.82 Å². The van der Waals surface area contributed by atoms with E-state index in [1.165, 1.54) is 0 Å². The van der Waals surface area contributed by atoms with Gasteiger partial charge in [0.25, 0.3) is 5.91 Å². The number of aromatic nitrogens is 3. The summed E-state index contributed by atoms with van der Waals surface area (Å²) >= 11 is 0. The second-order valence-corrected chi connectivity index (χ2v) is 13.0. The fourth-order valence-electron chi connectivity index (χ4n) is 5.70. The molecule has 4 heterocycles. The maximum Gasteiger partial charge on any atom is 0.259 e. The van der Waals surface area contributed by atoms with E-state index in [2.05, 4.69) is 55.2 Å². The number of nitrogens with zero attached hydrogens (tertiary/aromatic N) is 5. The van der Waals surface area contributed by atoms with Crippen LogP contribution in [0, 0.1) is 11.8 Å². The second kappa shape index (κ2) is 19.5. The fraction of sp³-hybridized carbons (Fsp3) is 0.656. The van der Waals surface area contributed by atoms with Crippen LogP contribution in [-0.2, 0) is 19.7 Å². The molecule has 2 amide bonds. The highest BCUT2D eigenvalue weighted by Gasteiger charge is 2.39. The first-order valence-electron chi connectivity index (χ1n) is 15.5. The zero-order valence-corrected chi connectivity index (χ0v) is 30.3. The molecule has 4 rings (SSSR count). The number of morpholine rings is 1. The molecule has 14 heteroatoms. The molecule has 11 nitrogen and oxygen atoms in total. The van der Waals surface area contributed by atoms with Crippen LogP contribution in [-0.4, -0.2) is 102 Å². The van der Waals surface area contributed by atoms with Crippen molar-refractivity contribution in [1.29, 1.82) is 0 Å². The molecular formula is C32H52Cl3N7O4. The van der Waals surface area contributed by atoms with Crippen LogP contribution in [0.2, 0.25) is 0 Å². The number of pyridine rings is 1. The Morgan fingerprint density at radius 3 is 2.61 bits per heavy atom. The minimum atomic E-state index is -0.268. The number of anilines is 1. The normalized spacial score (nSPS) is 19.7. The van der Waals surface area contributed by atoms with E-state index >= 15 is 0 Å². The van der Waals surface area contributed by atoms with Crippen LogP contribution in [0.5, 0.6) is 0 Å². The van der Waals surface area contributed by atoms with Crippen molar-refractivity contribution >= 4 is 54.9 Å². The molecule has 0 aliphatic carbocycles. The summed E-state index contributed by atoms with van der Waals surface area (Å²) < 4.78 is 11.0. The number of halogens is 3. The molecule has 2 N–H and O–H groups in total. The summed E-state index contributed by atoms with van der Waals surface area (Å²) in [4.78, 5) is 45.8. The zero-order chi connectivity index (χ0) is 31.0. The Bertz CT molecular complexity index is 1220. The van der Waals surface area contributed by atoms with Crippen LogP contribution < -0.4 is 10.6 Å². The Hall–Kier alpha value is -2.28. The number of piperidine rings is 1. The Morgan fingerprint density at radius 1 is 1.20 bits per heavy atom. The molecule has 2 saturated heterocycles. The van der Waals surface area contributed by atoms with Crippen LogP contribution >= 0.6 is 37.2 Å². The van der Waals surface area contributed by atoms with Crippen molar-refractivity contribution < 1.29 is 19.1 Å². The van der Waals surface area contributed by atoms with E-state index in [9.17, 15) is 9.59 Å². The molecule has 0 bridgehead atoms. The minimum absolute atomic E-state index is 0. The molecule has 46 heavy (non-hydrogen) atoms. The van der Waals surface area contributed by atoms with Crippen molar-refractivity contribution in [3.63, 3.8) is 0 Å². The molecule has 2 aliphatic heterocycles. The summed E-state index contributed by atoms with van der Waals surface area (Å²) in [6.45, 7) is 14.9. The Kier molecular flexibility index (Phi) is 17.7. The van der Waals surface area contributed by atoms with Crippen LogP contribution in [0.15, 0.2) is 30.7 Å². The van der Waals surface area contributed by atoms with E-state index < -0.39 is 0 Å². The fourth-order valence-corrected chi connectivity index (χ4v) is 5.70. The number of rotatable bonds is 11. The predicted molar refractivity (Wildman–Crippen MR) is 188 cm³/mol. The summed E-state index contributed by atoms with van der Waals surface area (Å²) in [5.41, 5.74) is 1.15. The Morgan fingerprint density at radius 2 is 1.96 bits per heavy atom. The van der Waals surface area contributed by atoms with E-state index in [4.69, 9.17) is 14.5 Å². The number of hydrogen-bond donors (Lipinski definition) is 2. The van der Waals surface area contributed by atoms with Crippen LogP contribution in [0.3, 0.4) is 0 Å². The third kappa shape index (κ3) is 10.9. The second-order valence-electron chi connectivity index (χ2n) is 13.0. The van der Waals surface area contributed by atoms with Crippen molar-refractivity contribution in [3.05, 3.63) is 47.7 Å². The molecule has 260 valence electrons. The number of carbonyl (C=O) groups excluding carboxylic acids is 2. The van der Waals surface area contributed by atoms with Gasteiger partial charge in [-0.15, -0.1) is 37.2 Å². The molecule has 3 atom stereocenters. The monoisotopic (exact) mass is 703 g/mol. The van der Waals surface area contributed by atoms with Gasteiger partial charge in [0.05, 0.1) is 25.2 Å². The van der Waals surface area contributed by atoms with Crippen molar-refractivity contribution in [2.24, 2.45) is 11.8 Å². The summed E-state index contributed by atoms with van der Waals surface area (Å²) in [5, 5.41) is 6.84. The topological polar surface area (TPSA) is 122 Å². The van der Waals surface area contributed by atoms with Gasteiger partial charge in [-0.2, -0.15) is 0 Å². The van der Waals surface area contributed by atoms with E-state index in [1.54, 1.807) is 25.7 Å². The lowest BCUT2D eigenvalue weighted by Crippen LogP contribution is -2.56. The first-order valence-corrected chi connectivity index (χ1v) is 15.5. The summed E-state index contributed by atoms with van der Waals surface area (Å²) in [5.74, 6) is 1.16. The molecule has 0 radical (unpaired) electrons. The molecule has 0 spiro atoms. The molecule has 0 aromatic carbocycles. The third-order valence-corrected chi connectivity index (χ3v) is 7.93. The van der Waals surface area contributed by atoms with E-state index in [0.29, 0.717) is 76.2 Å². The summed E-state index contributed by atoms with van der Waals surface area (Å²) in [7, 11) is 1.68. The lowest BCUT2D eigenvalue weighted by atomic mass is 9.91. The Labute approximate surface area is 292 Å². The minimum Gasteiger partial charge on any atom is -0.385 e. The molecule has 2 aromatic heterocycles. The van der Waals surface area contributed by atoms with Gasteiger partial charge in [0, 0.05) is 76.5 Å². The van der Waals surface area contributed by atoms with Gasteiger partial charge in [-0.05, 0) is 30.4 Å². The third-order valence-electron chi connectivity index (χ3n) is 7.93. The average Bonchev–Trinajstić information content (AvgIpc) is 3.01. The number of nitrogens with one attached hydrogen (secondary N) is 2. The summed E-state index contributed by atoms with van der Waals surface area (Å²) in [6, 6.07) is 3.55. The molecular weight excluding hydrogens is 653 g/mol.